The van der Waals surface area contributed by atoms with Crippen LogP contribution < -0.4 is 5.73 Å². The van der Waals surface area contributed by atoms with E-state index in [-0.39, 0.29) is 11.9 Å². The molecule has 0 bridgehead atoms. The Morgan fingerprint density at radius 1 is 1.15 bits per heavy atom. The average molecular weight is 289 g/mol. The van der Waals surface area contributed by atoms with E-state index < -0.39 is 0 Å². The lowest BCUT2D eigenvalue weighted by molar-refractivity contribution is 0.624. The Morgan fingerprint density at radius 2 is 1.90 bits per heavy atom. The van der Waals surface area contributed by atoms with Gasteiger partial charge in [0.25, 0.3) is 0 Å². The molecule has 2 N–H and O–H groups in total. The third-order valence-corrected chi connectivity index (χ3v) is 4.33. The van der Waals surface area contributed by atoms with Crippen molar-refractivity contribution < 1.29 is 4.39 Å². The lowest BCUT2D eigenvalue weighted by Gasteiger charge is -2.12. The van der Waals surface area contributed by atoms with Crippen LogP contribution in [0.4, 0.5) is 4.39 Å². The van der Waals surface area contributed by atoms with Crippen LogP contribution >= 0.6 is 11.8 Å². The van der Waals surface area contributed by atoms with Crippen LogP contribution in [0.2, 0.25) is 0 Å². The third-order valence-electron chi connectivity index (χ3n) is 3.35. The Morgan fingerprint density at radius 3 is 2.55 bits per heavy atom. The fourth-order valence-corrected chi connectivity index (χ4v) is 3.02. The topological polar surface area (TPSA) is 26.0 Å². The third kappa shape index (κ3) is 4.09. The zero-order valence-corrected chi connectivity index (χ0v) is 12.7. The zero-order chi connectivity index (χ0) is 14.5. The molecule has 0 saturated heterocycles. The minimum Gasteiger partial charge on any atom is -0.327 e. The quantitative estimate of drug-likeness (QED) is 0.873. The first kappa shape index (κ1) is 15.1. The van der Waals surface area contributed by atoms with Crippen molar-refractivity contribution in [3.8, 4) is 0 Å². The van der Waals surface area contributed by atoms with E-state index in [0.29, 0.717) is 0 Å². The Balaban J connectivity index is 2.13. The summed E-state index contributed by atoms with van der Waals surface area (Å²) in [6.45, 7) is 4.21. The van der Waals surface area contributed by atoms with Gasteiger partial charge in [-0.3, -0.25) is 0 Å². The predicted molar refractivity (Wildman–Crippen MR) is 83.7 cm³/mol. The van der Waals surface area contributed by atoms with Gasteiger partial charge < -0.3 is 5.73 Å². The first-order chi connectivity index (χ1) is 9.58. The highest BCUT2D eigenvalue weighted by Crippen LogP contribution is 2.29. The molecule has 1 nitrogen and oxygen atoms in total. The molecule has 0 spiro atoms. The van der Waals surface area contributed by atoms with Crippen molar-refractivity contribution in [2.75, 3.05) is 0 Å². The van der Waals surface area contributed by atoms with E-state index in [2.05, 4.69) is 32.0 Å². The summed E-state index contributed by atoms with van der Waals surface area (Å²) in [5, 5.41) is 0. The SMILES string of the molecule is CCC(N)Cc1ccc(Sc2cccc(F)c2)cc1C. The highest BCUT2D eigenvalue weighted by atomic mass is 32.2. The zero-order valence-electron chi connectivity index (χ0n) is 11.9. The number of hydrogen-bond donors (Lipinski definition) is 1. The predicted octanol–water partition coefficient (Wildman–Crippen LogP) is 4.57. The van der Waals surface area contributed by atoms with Gasteiger partial charge in [0.1, 0.15) is 5.82 Å². The van der Waals surface area contributed by atoms with Crippen molar-refractivity contribution in [1.29, 1.82) is 0 Å². The van der Waals surface area contributed by atoms with Crippen LogP contribution in [0.1, 0.15) is 24.5 Å². The molecule has 0 aliphatic carbocycles. The number of nitrogens with two attached hydrogens (primary N) is 1. The molecule has 2 aromatic carbocycles. The van der Waals surface area contributed by atoms with Gasteiger partial charge in [-0.05, 0) is 61.2 Å². The summed E-state index contributed by atoms with van der Waals surface area (Å²) >= 11 is 1.58. The summed E-state index contributed by atoms with van der Waals surface area (Å²) in [5.41, 5.74) is 8.55. The van der Waals surface area contributed by atoms with Crippen LogP contribution in [0.3, 0.4) is 0 Å². The van der Waals surface area contributed by atoms with Gasteiger partial charge in [-0.15, -0.1) is 0 Å². The van der Waals surface area contributed by atoms with Crippen molar-refractivity contribution in [2.24, 2.45) is 5.73 Å². The smallest absolute Gasteiger partial charge is 0.124 e. The highest BCUT2D eigenvalue weighted by molar-refractivity contribution is 7.99. The average Bonchev–Trinajstić information content (AvgIpc) is 2.41. The minimum atomic E-state index is -0.197. The van der Waals surface area contributed by atoms with E-state index in [9.17, 15) is 4.39 Å². The van der Waals surface area contributed by atoms with E-state index in [1.165, 1.54) is 17.2 Å². The van der Waals surface area contributed by atoms with E-state index in [0.717, 1.165) is 22.6 Å². The van der Waals surface area contributed by atoms with E-state index in [4.69, 9.17) is 5.73 Å². The monoisotopic (exact) mass is 289 g/mol. The molecule has 0 radical (unpaired) electrons. The molecule has 3 heteroatoms. The van der Waals surface area contributed by atoms with Gasteiger partial charge >= 0.3 is 0 Å². The van der Waals surface area contributed by atoms with Crippen LogP contribution in [-0.2, 0) is 6.42 Å². The fourth-order valence-electron chi connectivity index (χ4n) is 2.05. The van der Waals surface area contributed by atoms with Gasteiger partial charge in [-0.25, -0.2) is 4.39 Å². The molecule has 0 saturated carbocycles. The van der Waals surface area contributed by atoms with E-state index >= 15 is 0 Å². The second kappa shape index (κ2) is 6.91. The van der Waals surface area contributed by atoms with Crippen LogP contribution in [0.5, 0.6) is 0 Å². The standard InChI is InChI=1S/C17H20FNS/c1-3-15(19)10-13-7-8-17(9-12(13)2)20-16-6-4-5-14(18)11-16/h4-9,11,15H,3,10,19H2,1-2H3. The van der Waals surface area contributed by atoms with Crippen molar-refractivity contribution in [3.63, 3.8) is 0 Å². The molecule has 0 aliphatic heterocycles. The minimum absolute atomic E-state index is 0.197. The van der Waals surface area contributed by atoms with Gasteiger partial charge in [-0.1, -0.05) is 30.8 Å². The summed E-state index contributed by atoms with van der Waals surface area (Å²) in [5.74, 6) is -0.197. The van der Waals surface area contributed by atoms with Crippen molar-refractivity contribution in [2.45, 2.75) is 42.5 Å². The number of benzene rings is 2. The maximum absolute atomic E-state index is 13.2. The Labute approximate surface area is 124 Å². The maximum atomic E-state index is 13.2. The van der Waals surface area contributed by atoms with E-state index in [1.807, 2.05) is 6.07 Å². The van der Waals surface area contributed by atoms with E-state index in [1.54, 1.807) is 23.9 Å². The van der Waals surface area contributed by atoms with Gasteiger partial charge in [0.2, 0.25) is 0 Å². The summed E-state index contributed by atoms with van der Waals surface area (Å²) in [4.78, 5) is 2.05. The molecule has 20 heavy (non-hydrogen) atoms. The summed E-state index contributed by atoms with van der Waals surface area (Å²) in [6.07, 6.45) is 1.90. The van der Waals surface area contributed by atoms with Gasteiger partial charge in [-0.2, -0.15) is 0 Å². The maximum Gasteiger partial charge on any atom is 0.124 e. The molecular formula is C17H20FNS. The number of rotatable bonds is 5. The number of hydrogen-bond acceptors (Lipinski definition) is 2. The van der Waals surface area contributed by atoms with Crippen molar-refractivity contribution >= 4 is 11.8 Å². The molecular weight excluding hydrogens is 269 g/mol. The molecule has 0 aliphatic rings. The summed E-state index contributed by atoms with van der Waals surface area (Å²) in [7, 11) is 0. The van der Waals surface area contributed by atoms with Gasteiger partial charge in [0.15, 0.2) is 0 Å². The molecule has 2 rings (SSSR count). The van der Waals surface area contributed by atoms with Crippen LogP contribution in [0.15, 0.2) is 52.3 Å². The van der Waals surface area contributed by atoms with Crippen molar-refractivity contribution in [1.82, 2.24) is 0 Å². The molecule has 0 heterocycles. The van der Waals surface area contributed by atoms with Gasteiger partial charge in [0.05, 0.1) is 0 Å². The van der Waals surface area contributed by atoms with Crippen LogP contribution in [0, 0.1) is 12.7 Å². The Bertz CT molecular complexity index is 583. The molecule has 106 valence electrons. The Kier molecular flexibility index (Phi) is 5.21. The second-order valence-corrected chi connectivity index (χ2v) is 6.17. The summed E-state index contributed by atoms with van der Waals surface area (Å²) < 4.78 is 13.2. The lowest BCUT2D eigenvalue weighted by Crippen LogP contribution is -2.21. The van der Waals surface area contributed by atoms with Crippen molar-refractivity contribution in [3.05, 3.63) is 59.4 Å². The molecule has 0 fully saturated rings. The largest absolute Gasteiger partial charge is 0.327 e. The number of aryl methyl sites for hydroxylation is 1. The molecule has 0 aromatic heterocycles. The Hall–Kier alpha value is -1.32. The second-order valence-electron chi connectivity index (χ2n) is 5.02. The highest BCUT2D eigenvalue weighted by Gasteiger charge is 2.06. The molecule has 1 unspecified atom stereocenters. The lowest BCUT2D eigenvalue weighted by atomic mass is 10.0. The first-order valence-electron chi connectivity index (χ1n) is 6.87. The number of halogens is 1. The summed E-state index contributed by atoms with van der Waals surface area (Å²) in [6, 6.07) is 13.3. The van der Waals surface area contributed by atoms with Crippen LogP contribution in [0.25, 0.3) is 0 Å². The van der Waals surface area contributed by atoms with Crippen LogP contribution in [-0.4, -0.2) is 6.04 Å². The molecule has 2 aromatic rings. The normalized spacial score (nSPS) is 12.4. The fraction of sp³-hybridized carbons (Fsp3) is 0.294. The molecule has 0 amide bonds. The van der Waals surface area contributed by atoms with Gasteiger partial charge in [0, 0.05) is 15.8 Å². The first-order valence-corrected chi connectivity index (χ1v) is 7.68. The molecule has 1 atom stereocenters.